The third-order valence-electron chi connectivity index (χ3n) is 4.41. The molecule has 31 heavy (non-hydrogen) atoms. The van der Waals surface area contributed by atoms with Crippen LogP contribution in [0.15, 0.2) is 69.9 Å². The van der Waals surface area contributed by atoms with Crippen LogP contribution in [-0.4, -0.2) is 31.4 Å². The molecular weight excluding hydrogens is 437 g/mol. The first-order chi connectivity index (χ1) is 15.1. The van der Waals surface area contributed by atoms with Crippen molar-refractivity contribution in [3.8, 4) is 11.3 Å². The topological polar surface area (TPSA) is 92.7 Å². The van der Waals surface area contributed by atoms with Crippen molar-refractivity contribution in [3.05, 3.63) is 81.8 Å². The van der Waals surface area contributed by atoms with Crippen molar-refractivity contribution in [1.29, 1.82) is 0 Å². The van der Waals surface area contributed by atoms with E-state index in [4.69, 9.17) is 0 Å². The van der Waals surface area contributed by atoms with Crippen LogP contribution in [0.2, 0.25) is 0 Å². The van der Waals surface area contributed by atoms with Gasteiger partial charge in [-0.25, -0.2) is 19.3 Å². The maximum Gasteiger partial charge on any atom is 0.343 e. The number of aryl methyl sites for hydroxylation is 1. The second-order valence-electron chi connectivity index (χ2n) is 6.58. The summed E-state index contributed by atoms with van der Waals surface area (Å²) in [5, 5.41) is 11.9. The Morgan fingerprint density at radius 2 is 1.94 bits per heavy atom. The molecule has 158 valence electrons. The molecule has 2 aromatic carbocycles. The fourth-order valence-electron chi connectivity index (χ4n) is 2.87. The van der Waals surface area contributed by atoms with Crippen molar-refractivity contribution < 1.29 is 9.18 Å². The van der Waals surface area contributed by atoms with Crippen molar-refractivity contribution in [3.63, 3.8) is 0 Å². The molecule has 2 aromatic heterocycles. The Morgan fingerprint density at radius 1 is 1.16 bits per heavy atom. The number of aromatic nitrogens is 4. The molecule has 10 heteroatoms. The minimum absolute atomic E-state index is 0.0844. The number of rotatable bonds is 8. The molecule has 0 saturated heterocycles. The molecule has 0 aliphatic carbocycles. The van der Waals surface area contributed by atoms with Crippen LogP contribution < -0.4 is 11.0 Å². The predicted octanol–water partition coefficient (Wildman–Crippen LogP) is 3.81. The van der Waals surface area contributed by atoms with Gasteiger partial charge in [0.2, 0.25) is 5.91 Å². The number of nitrogens with one attached hydrogen (secondary N) is 2. The molecule has 4 aromatic rings. The van der Waals surface area contributed by atoms with Gasteiger partial charge in [0.25, 0.3) is 0 Å². The number of aromatic amines is 1. The van der Waals surface area contributed by atoms with E-state index in [2.05, 4.69) is 20.5 Å². The van der Waals surface area contributed by atoms with Gasteiger partial charge < -0.3 is 5.32 Å². The van der Waals surface area contributed by atoms with Crippen molar-refractivity contribution in [2.45, 2.75) is 18.1 Å². The molecule has 1 amide bonds. The summed E-state index contributed by atoms with van der Waals surface area (Å²) < 4.78 is 14.6. The third-order valence-corrected chi connectivity index (χ3v) is 6.15. The van der Waals surface area contributed by atoms with Gasteiger partial charge in [-0.3, -0.25) is 9.36 Å². The number of H-pyrrole nitrogens is 1. The summed E-state index contributed by atoms with van der Waals surface area (Å²) in [7, 11) is 0. The zero-order chi connectivity index (χ0) is 21.6. The van der Waals surface area contributed by atoms with Gasteiger partial charge in [-0.05, 0) is 36.2 Å². The molecule has 0 aliphatic rings. The summed E-state index contributed by atoms with van der Waals surface area (Å²) in [4.78, 5) is 28.8. The van der Waals surface area contributed by atoms with Crippen LogP contribution in [0.4, 0.5) is 9.52 Å². The summed E-state index contributed by atoms with van der Waals surface area (Å²) >= 11 is 2.47. The number of halogens is 1. The summed E-state index contributed by atoms with van der Waals surface area (Å²) in [6.07, 6.45) is 0.686. The molecule has 0 aliphatic heterocycles. The van der Waals surface area contributed by atoms with Crippen molar-refractivity contribution >= 4 is 34.1 Å². The number of carbonyl (C=O) groups is 1. The molecule has 0 fully saturated rings. The maximum atomic E-state index is 13.1. The van der Waals surface area contributed by atoms with Crippen LogP contribution in [-0.2, 0) is 17.8 Å². The smallest absolute Gasteiger partial charge is 0.301 e. The first kappa shape index (κ1) is 21.0. The number of nitrogens with zero attached hydrogens (tertiary/aromatic N) is 3. The maximum absolute atomic E-state index is 13.1. The molecule has 2 heterocycles. The normalized spacial score (nSPS) is 10.9. The number of hydrogen-bond donors (Lipinski definition) is 2. The molecular formula is C21H18FN5O2S2. The van der Waals surface area contributed by atoms with E-state index in [-0.39, 0.29) is 23.2 Å². The minimum atomic E-state index is -0.315. The molecule has 0 unspecified atom stereocenters. The van der Waals surface area contributed by atoms with Gasteiger partial charge >= 0.3 is 5.69 Å². The lowest BCUT2D eigenvalue weighted by Crippen LogP contribution is -2.20. The van der Waals surface area contributed by atoms with Crippen LogP contribution in [0, 0.1) is 5.82 Å². The number of hydrogen-bond acceptors (Lipinski definition) is 6. The number of carbonyl (C=O) groups excluding carboxylic acids is 1. The Kier molecular flexibility index (Phi) is 6.58. The predicted molar refractivity (Wildman–Crippen MR) is 120 cm³/mol. The monoisotopic (exact) mass is 455 g/mol. The van der Waals surface area contributed by atoms with Gasteiger partial charge in [-0.15, -0.1) is 16.4 Å². The average molecular weight is 456 g/mol. The van der Waals surface area contributed by atoms with Crippen molar-refractivity contribution in [2.24, 2.45) is 0 Å². The van der Waals surface area contributed by atoms with Gasteiger partial charge in [0, 0.05) is 17.5 Å². The lowest BCUT2D eigenvalue weighted by Gasteiger charge is -2.06. The van der Waals surface area contributed by atoms with E-state index in [1.54, 1.807) is 17.5 Å². The number of thiazole rings is 1. The van der Waals surface area contributed by atoms with Crippen molar-refractivity contribution in [1.82, 2.24) is 19.7 Å². The van der Waals surface area contributed by atoms with E-state index < -0.39 is 0 Å². The first-order valence-electron chi connectivity index (χ1n) is 9.42. The van der Waals surface area contributed by atoms with Gasteiger partial charge in [0.05, 0.1) is 11.4 Å². The fraction of sp³-hybridized carbons (Fsp3) is 0.143. The third kappa shape index (κ3) is 5.47. The molecule has 0 bridgehead atoms. The van der Waals surface area contributed by atoms with E-state index in [1.165, 1.54) is 39.8 Å². The molecule has 7 nitrogen and oxygen atoms in total. The van der Waals surface area contributed by atoms with Crippen molar-refractivity contribution in [2.75, 3.05) is 11.1 Å². The highest BCUT2D eigenvalue weighted by Gasteiger charge is 2.13. The second kappa shape index (κ2) is 9.71. The Hall–Kier alpha value is -3.24. The van der Waals surface area contributed by atoms with Gasteiger partial charge in [-0.2, -0.15) is 0 Å². The number of amides is 1. The van der Waals surface area contributed by atoms with Gasteiger partial charge in [0.15, 0.2) is 10.3 Å². The largest absolute Gasteiger partial charge is 0.343 e. The average Bonchev–Trinajstić information content (AvgIpc) is 3.38. The fourth-order valence-corrected chi connectivity index (χ4v) is 4.37. The van der Waals surface area contributed by atoms with E-state index in [0.717, 1.165) is 11.1 Å². The van der Waals surface area contributed by atoms with E-state index in [0.29, 0.717) is 28.9 Å². The highest BCUT2D eigenvalue weighted by molar-refractivity contribution is 7.99. The first-order valence-corrected chi connectivity index (χ1v) is 11.3. The van der Waals surface area contributed by atoms with Crippen LogP contribution in [0.25, 0.3) is 11.3 Å². The summed E-state index contributed by atoms with van der Waals surface area (Å²) in [5.74, 6) is -0.485. The van der Waals surface area contributed by atoms with Gasteiger partial charge in [0.1, 0.15) is 5.82 Å². The van der Waals surface area contributed by atoms with Crippen LogP contribution >= 0.6 is 23.1 Å². The number of thioether (sulfide) groups is 1. The second-order valence-corrected chi connectivity index (χ2v) is 8.38. The van der Waals surface area contributed by atoms with Crippen LogP contribution in [0.1, 0.15) is 5.56 Å². The lowest BCUT2D eigenvalue weighted by atomic mass is 10.1. The molecule has 0 radical (unpaired) electrons. The summed E-state index contributed by atoms with van der Waals surface area (Å²) in [5.41, 5.74) is 2.24. The van der Waals surface area contributed by atoms with E-state index >= 15 is 0 Å². The molecule has 0 atom stereocenters. The summed E-state index contributed by atoms with van der Waals surface area (Å²) in [6, 6.07) is 15.9. The van der Waals surface area contributed by atoms with Crippen LogP contribution in [0.3, 0.4) is 0 Å². The number of anilines is 1. The zero-order valence-corrected chi connectivity index (χ0v) is 17.9. The molecule has 0 spiro atoms. The molecule has 4 rings (SSSR count). The Morgan fingerprint density at radius 3 is 2.71 bits per heavy atom. The Bertz CT molecular complexity index is 1220. The SMILES string of the molecule is O=C(CSc1n[nH]c(=O)n1CCc1ccccc1)Nc1nc(-c2ccc(F)cc2)cs1. The Balaban J connectivity index is 1.33. The Labute approximate surface area is 185 Å². The lowest BCUT2D eigenvalue weighted by molar-refractivity contribution is -0.113. The zero-order valence-electron chi connectivity index (χ0n) is 16.2. The van der Waals surface area contributed by atoms with Gasteiger partial charge in [-0.1, -0.05) is 42.1 Å². The van der Waals surface area contributed by atoms with E-state index in [9.17, 15) is 14.0 Å². The number of benzene rings is 2. The van der Waals surface area contributed by atoms with E-state index in [1.807, 2.05) is 30.3 Å². The quantitative estimate of drug-likeness (QED) is 0.394. The summed E-state index contributed by atoms with van der Waals surface area (Å²) in [6.45, 7) is 0.469. The highest BCUT2D eigenvalue weighted by atomic mass is 32.2. The minimum Gasteiger partial charge on any atom is -0.301 e. The molecule has 0 saturated carbocycles. The highest BCUT2D eigenvalue weighted by Crippen LogP contribution is 2.25. The molecule has 2 N–H and O–H groups in total. The standard InChI is InChI=1S/C21H18FN5O2S2/c22-16-8-6-15(7-9-16)17-12-30-19(23-17)24-18(28)13-31-21-26-25-20(29)27(21)11-10-14-4-2-1-3-5-14/h1-9,12H,10-11,13H2,(H,25,29)(H,23,24,28). The van der Waals surface area contributed by atoms with Crippen LogP contribution in [0.5, 0.6) is 0 Å².